The summed E-state index contributed by atoms with van der Waals surface area (Å²) in [5, 5.41) is 18.5. The van der Waals surface area contributed by atoms with Crippen LogP contribution in [0.25, 0.3) is 11.3 Å². The maximum Gasteiger partial charge on any atom is 0.238 e. The summed E-state index contributed by atoms with van der Waals surface area (Å²) in [6, 6.07) is 13.6. The lowest BCUT2D eigenvalue weighted by atomic mass is 10.1. The fourth-order valence-corrected chi connectivity index (χ4v) is 4.13. The van der Waals surface area contributed by atoms with E-state index in [4.69, 9.17) is 5.14 Å². The highest BCUT2D eigenvalue weighted by molar-refractivity contribution is 7.99. The number of halogens is 1. The number of anilines is 2. The molecule has 0 saturated carbocycles. The molecule has 2 aromatic carbocycles. The van der Waals surface area contributed by atoms with E-state index in [1.807, 2.05) is 0 Å². The lowest BCUT2D eigenvalue weighted by Crippen LogP contribution is -2.12. The minimum atomic E-state index is -3.81. The van der Waals surface area contributed by atoms with Crippen molar-refractivity contribution in [2.45, 2.75) is 29.8 Å². The van der Waals surface area contributed by atoms with E-state index in [0.29, 0.717) is 22.1 Å². The Morgan fingerprint density at radius 2 is 1.81 bits per heavy atom. The fourth-order valence-electron chi connectivity index (χ4n) is 2.69. The fraction of sp³-hybridized carbons (Fsp3) is 0.190. The van der Waals surface area contributed by atoms with Gasteiger partial charge in [-0.15, -0.1) is 0 Å². The van der Waals surface area contributed by atoms with Crippen molar-refractivity contribution in [2.75, 3.05) is 11.1 Å². The van der Waals surface area contributed by atoms with Gasteiger partial charge in [-0.3, -0.25) is 0 Å². The van der Waals surface area contributed by atoms with E-state index in [-0.39, 0.29) is 22.1 Å². The molecule has 0 amide bonds. The first kappa shape index (κ1) is 22.7. The van der Waals surface area contributed by atoms with Crippen LogP contribution in [0.4, 0.5) is 15.9 Å². The Bertz CT molecular complexity index is 1210. The average Bonchev–Trinajstić information content (AvgIpc) is 2.74. The molecule has 3 aromatic rings. The molecule has 1 aromatic heterocycles. The summed E-state index contributed by atoms with van der Waals surface area (Å²) in [6.07, 6.45) is 2.01. The Kier molecular flexibility index (Phi) is 7.22. The first-order valence-electron chi connectivity index (χ1n) is 9.42. The second kappa shape index (κ2) is 9.87. The van der Waals surface area contributed by atoms with E-state index in [9.17, 15) is 18.1 Å². The third kappa shape index (κ3) is 5.79. The number of nitriles is 1. The van der Waals surface area contributed by atoms with Crippen molar-refractivity contribution < 1.29 is 12.8 Å². The number of benzene rings is 2. The first-order valence-corrected chi connectivity index (χ1v) is 12.0. The predicted molar refractivity (Wildman–Crippen MR) is 119 cm³/mol. The van der Waals surface area contributed by atoms with Crippen molar-refractivity contribution in [3.05, 3.63) is 59.9 Å². The third-order valence-corrected chi connectivity index (χ3v) is 6.16. The van der Waals surface area contributed by atoms with Crippen LogP contribution in [0.2, 0.25) is 0 Å². The molecule has 0 saturated heterocycles. The molecule has 0 radical (unpaired) electrons. The number of hydrogen-bond acceptors (Lipinski definition) is 7. The number of sulfonamides is 1. The van der Waals surface area contributed by atoms with E-state index < -0.39 is 10.0 Å². The number of nitrogens with zero attached hydrogens (tertiary/aromatic N) is 3. The van der Waals surface area contributed by atoms with Gasteiger partial charge in [0, 0.05) is 17.0 Å². The number of hydrogen-bond donors (Lipinski definition) is 2. The van der Waals surface area contributed by atoms with Crippen molar-refractivity contribution in [1.29, 1.82) is 5.26 Å². The second-order valence-corrected chi connectivity index (χ2v) is 9.22. The molecular formula is C21H20FN5O2S2. The number of nitrogens with two attached hydrogens (primary N) is 1. The predicted octanol–water partition coefficient (Wildman–Crippen LogP) is 4.44. The quantitative estimate of drug-likeness (QED) is 0.291. The lowest BCUT2D eigenvalue weighted by Gasteiger charge is -2.13. The molecule has 0 aliphatic rings. The van der Waals surface area contributed by atoms with Crippen LogP contribution < -0.4 is 10.5 Å². The van der Waals surface area contributed by atoms with Gasteiger partial charge in [-0.1, -0.05) is 25.1 Å². The maximum atomic E-state index is 13.4. The summed E-state index contributed by atoms with van der Waals surface area (Å²) in [6.45, 7) is 2.09. The molecule has 0 fully saturated rings. The molecule has 160 valence electrons. The van der Waals surface area contributed by atoms with Gasteiger partial charge in [0.1, 0.15) is 17.4 Å². The summed E-state index contributed by atoms with van der Waals surface area (Å²) in [7, 11) is -3.81. The summed E-state index contributed by atoms with van der Waals surface area (Å²) in [5.74, 6) is 0.703. The van der Waals surface area contributed by atoms with Crippen LogP contribution in [0.3, 0.4) is 0 Å². The van der Waals surface area contributed by atoms with Gasteiger partial charge in [0.25, 0.3) is 0 Å². The smallest absolute Gasteiger partial charge is 0.238 e. The zero-order chi connectivity index (χ0) is 22.4. The summed E-state index contributed by atoms with van der Waals surface area (Å²) in [5.41, 5.74) is 1.70. The van der Waals surface area contributed by atoms with Crippen molar-refractivity contribution >= 4 is 33.3 Å². The van der Waals surface area contributed by atoms with Gasteiger partial charge < -0.3 is 5.32 Å². The van der Waals surface area contributed by atoms with Gasteiger partial charge in [0.2, 0.25) is 10.0 Å². The number of primary sulfonamides is 1. The van der Waals surface area contributed by atoms with E-state index in [0.717, 1.165) is 18.6 Å². The third-order valence-electron chi connectivity index (χ3n) is 4.29. The average molecular weight is 458 g/mol. The number of unbranched alkanes of at least 4 members (excludes halogenated alkanes) is 1. The Hall–Kier alpha value is -3.00. The number of rotatable bonds is 8. The van der Waals surface area contributed by atoms with Crippen molar-refractivity contribution in [2.24, 2.45) is 5.14 Å². The van der Waals surface area contributed by atoms with Crippen LogP contribution >= 0.6 is 11.8 Å². The summed E-state index contributed by atoms with van der Waals surface area (Å²) in [4.78, 5) is 9.00. The van der Waals surface area contributed by atoms with E-state index in [2.05, 4.69) is 28.3 Å². The Morgan fingerprint density at radius 1 is 1.13 bits per heavy atom. The van der Waals surface area contributed by atoms with Crippen LogP contribution in [0.1, 0.15) is 25.3 Å². The molecule has 3 N–H and O–H groups in total. The van der Waals surface area contributed by atoms with Gasteiger partial charge >= 0.3 is 0 Å². The van der Waals surface area contributed by atoms with Gasteiger partial charge in [-0.2, -0.15) is 5.26 Å². The van der Waals surface area contributed by atoms with Crippen LogP contribution in [0, 0.1) is 17.1 Å². The Labute approximate surface area is 184 Å². The van der Waals surface area contributed by atoms with Crippen LogP contribution in [-0.4, -0.2) is 24.1 Å². The van der Waals surface area contributed by atoms with Gasteiger partial charge in [-0.05, 0) is 55.0 Å². The summed E-state index contributed by atoms with van der Waals surface area (Å²) >= 11 is 1.47. The Balaban J connectivity index is 2.04. The molecule has 7 nitrogen and oxygen atoms in total. The van der Waals surface area contributed by atoms with Crippen LogP contribution in [0.5, 0.6) is 0 Å². The van der Waals surface area contributed by atoms with E-state index in [1.165, 1.54) is 48.2 Å². The van der Waals surface area contributed by atoms with Crippen molar-refractivity contribution in [3.63, 3.8) is 0 Å². The highest BCUT2D eigenvalue weighted by Crippen LogP contribution is 2.31. The van der Waals surface area contributed by atoms with Crippen molar-refractivity contribution in [3.8, 4) is 17.3 Å². The number of nitrogens with one attached hydrogen (secondary N) is 1. The highest BCUT2D eigenvalue weighted by Gasteiger charge is 2.17. The second-order valence-electron chi connectivity index (χ2n) is 6.59. The minimum absolute atomic E-state index is 0.0240. The molecule has 1 heterocycles. The molecule has 3 rings (SSSR count). The SMILES string of the molecule is CCCCSc1nc(Nc2ccc(S(N)(=O)=O)cc2)c(C#N)c(-c2ccc(F)cc2)n1. The molecule has 0 unspecified atom stereocenters. The zero-order valence-electron chi connectivity index (χ0n) is 16.7. The Morgan fingerprint density at radius 3 is 2.39 bits per heavy atom. The lowest BCUT2D eigenvalue weighted by molar-refractivity contribution is 0.598. The largest absolute Gasteiger partial charge is 0.339 e. The van der Waals surface area contributed by atoms with Gasteiger partial charge in [0.15, 0.2) is 11.0 Å². The topological polar surface area (TPSA) is 122 Å². The minimum Gasteiger partial charge on any atom is -0.339 e. The highest BCUT2D eigenvalue weighted by atomic mass is 32.2. The van der Waals surface area contributed by atoms with Crippen molar-refractivity contribution in [1.82, 2.24) is 9.97 Å². The molecule has 0 spiro atoms. The standard InChI is InChI=1S/C21H20FN5O2S2/c1-2-3-12-30-21-26-19(14-4-6-15(22)7-5-14)18(13-23)20(27-21)25-16-8-10-17(11-9-16)31(24,28)29/h4-11H,2-3,12H2,1H3,(H2,24,28,29)(H,25,26,27). The molecular weight excluding hydrogens is 437 g/mol. The normalized spacial score (nSPS) is 11.2. The van der Waals surface area contributed by atoms with E-state index in [1.54, 1.807) is 12.1 Å². The molecule has 0 atom stereocenters. The first-order chi connectivity index (χ1) is 14.8. The zero-order valence-corrected chi connectivity index (χ0v) is 18.3. The molecule has 10 heteroatoms. The van der Waals surface area contributed by atoms with Crippen LogP contribution in [-0.2, 0) is 10.0 Å². The van der Waals surface area contributed by atoms with Gasteiger partial charge in [-0.25, -0.2) is 27.9 Å². The summed E-state index contributed by atoms with van der Waals surface area (Å²) < 4.78 is 36.3. The molecule has 31 heavy (non-hydrogen) atoms. The van der Waals surface area contributed by atoms with Crippen LogP contribution in [0.15, 0.2) is 58.6 Å². The molecule has 0 aliphatic heterocycles. The molecule has 0 aliphatic carbocycles. The number of aromatic nitrogens is 2. The number of thioether (sulfide) groups is 1. The van der Waals surface area contributed by atoms with Gasteiger partial charge in [0.05, 0.1) is 10.6 Å². The molecule has 0 bridgehead atoms. The van der Waals surface area contributed by atoms with E-state index >= 15 is 0 Å². The monoisotopic (exact) mass is 457 g/mol. The maximum absolute atomic E-state index is 13.4.